The smallest absolute Gasteiger partial charge is 0.309 e. The van der Waals surface area contributed by atoms with E-state index in [1.807, 2.05) is 38.1 Å². The van der Waals surface area contributed by atoms with E-state index in [1.165, 1.54) is 0 Å². The van der Waals surface area contributed by atoms with Gasteiger partial charge in [-0.05, 0) is 55.7 Å². The van der Waals surface area contributed by atoms with Gasteiger partial charge < -0.3 is 33.5 Å². The molecule has 6 atom stereocenters. The maximum absolute atomic E-state index is 13.0. The summed E-state index contributed by atoms with van der Waals surface area (Å²) in [4.78, 5) is 27.5. The fraction of sp³-hybridized carbons (Fsp3) is 0.742. The summed E-state index contributed by atoms with van der Waals surface area (Å²) < 4.78 is 33.5. The van der Waals surface area contributed by atoms with Crippen molar-refractivity contribution in [3.8, 4) is 5.75 Å². The highest BCUT2D eigenvalue weighted by Gasteiger charge is 2.34. The molecule has 0 aromatic heterocycles. The second-order valence-corrected chi connectivity index (χ2v) is 11.1. The van der Waals surface area contributed by atoms with E-state index in [0.717, 1.165) is 11.3 Å². The van der Waals surface area contributed by atoms with Crippen LogP contribution in [0.2, 0.25) is 0 Å². The third kappa shape index (κ3) is 12.3. The van der Waals surface area contributed by atoms with Gasteiger partial charge in [0.2, 0.25) is 0 Å². The minimum absolute atomic E-state index is 0.00700. The highest BCUT2D eigenvalue weighted by atomic mass is 16.7. The van der Waals surface area contributed by atoms with Crippen LogP contribution < -0.4 is 4.74 Å². The Morgan fingerprint density at radius 3 is 2.34 bits per heavy atom. The van der Waals surface area contributed by atoms with Gasteiger partial charge in [-0.2, -0.15) is 0 Å². The summed E-state index contributed by atoms with van der Waals surface area (Å²) in [5.41, 5.74) is 1.10. The van der Waals surface area contributed by atoms with Crippen molar-refractivity contribution in [2.24, 2.45) is 11.8 Å². The lowest BCUT2D eigenvalue weighted by Gasteiger charge is -2.33. The highest BCUT2D eigenvalue weighted by Crippen LogP contribution is 2.29. The Bertz CT molecular complexity index is 892. The highest BCUT2D eigenvalue weighted by molar-refractivity contribution is 5.72. The lowest BCUT2D eigenvalue weighted by atomic mass is 9.84. The molecule has 1 saturated heterocycles. The van der Waals surface area contributed by atoms with Crippen LogP contribution in [0.5, 0.6) is 5.75 Å². The second kappa shape index (κ2) is 18.3. The molecule has 1 aliphatic rings. The molecule has 0 amide bonds. The van der Waals surface area contributed by atoms with Gasteiger partial charge in [0, 0.05) is 53.8 Å². The number of methoxy groups -OCH3 is 4. The summed E-state index contributed by atoms with van der Waals surface area (Å²) in [5.74, 6) is -0.123. The molecule has 1 aliphatic heterocycles. The molecule has 234 valence electrons. The van der Waals surface area contributed by atoms with Crippen LogP contribution in [-0.4, -0.2) is 94.2 Å². The molecule has 0 radical (unpaired) electrons. The quantitative estimate of drug-likeness (QED) is 0.322. The number of esters is 2. The van der Waals surface area contributed by atoms with Crippen LogP contribution in [-0.2, 0) is 39.8 Å². The van der Waals surface area contributed by atoms with Crippen LogP contribution in [0.1, 0.15) is 64.9 Å². The van der Waals surface area contributed by atoms with Crippen LogP contribution in [0.3, 0.4) is 0 Å². The number of carbonyl (C=O) groups excluding carboxylic acids is 2. The maximum atomic E-state index is 13.0. The van der Waals surface area contributed by atoms with Crippen molar-refractivity contribution in [1.29, 1.82) is 0 Å². The number of carbonyl (C=O) groups is 2. The first-order valence-electron chi connectivity index (χ1n) is 14.6. The fourth-order valence-electron chi connectivity index (χ4n) is 5.29. The van der Waals surface area contributed by atoms with Crippen molar-refractivity contribution in [1.82, 2.24) is 4.90 Å². The first kappa shape index (κ1) is 35.0. The van der Waals surface area contributed by atoms with Gasteiger partial charge in [0.25, 0.3) is 0 Å². The lowest BCUT2D eigenvalue weighted by molar-refractivity contribution is -0.166. The molecule has 10 nitrogen and oxygen atoms in total. The van der Waals surface area contributed by atoms with Crippen molar-refractivity contribution < 1.29 is 43.1 Å². The van der Waals surface area contributed by atoms with Crippen molar-refractivity contribution >= 4 is 11.9 Å². The van der Waals surface area contributed by atoms with Crippen molar-refractivity contribution in [2.75, 3.05) is 41.5 Å². The number of hydrogen-bond donors (Lipinski definition) is 1. The fourth-order valence-corrected chi connectivity index (χ4v) is 5.29. The van der Waals surface area contributed by atoms with Crippen LogP contribution in [0, 0.1) is 11.8 Å². The number of hydrogen-bond acceptors (Lipinski definition) is 10. The molecule has 0 saturated carbocycles. The topological polar surface area (TPSA) is 113 Å². The number of nitrogens with zero attached hydrogens (tertiary/aromatic N) is 1. The third-order valence-corrected chi connectivity index (χ3v) is 7.83. The number of aliphatic hydroxyl groups excluding tert-OH is 1. The van der Waals surface area contributed by atoms with Crippen molar-refractivity contribution in [3.05, 3.63) is 29.8 Å². The molecular formula is C31H51NO9. The van der Waals surface area contributed by atoms with Gasteiger partial charge in [-0.3, -0.25) is 14.5 Å². The molecule has 41 heavy (non-hydrogen) atoms. The van der Waals surface area contributed by atoms with Crippen LogP contribution in [0.25, 0.3) is 0 Å². The van der Waals surface area contributed by atoms with Crippen molar-refractivity contribution in [2.45, 2.75) is 96.5 Å². The Hall–Kier alpha value is -2.24. The average molecular weight is 582 g/mol. The standard InChI is InChI=1S/C31H51NO9/c1-8-29(34)41-28-18-30(35)40-22(3)13-14-32(19-23-9-11-25(36-4)12-10-23)20-26(33)21(2)15-24(16-27(28)37-5)17-31(38-6)39-7/h9-12,21-22,24,26-28,31,33H,8,13-20H2,1-7H3. The Balaban J connectivity index is 2.35. The zero-order valence-corrected chi connectivity index (χ0v) is 25.9. The summed E-state index contributed by atoms with van der Waals surface area (Å²) in [6, 6.07) is 7.88. The van der Waals surface area contributed by atoms with E-state index in [2.05, 4.69) is 4.90 Å². The van der Waals surface area contributed by atoms with Gasteiger partial charge >= 0.3 is 11.9 Å². The van der Waals surface area contributed by atoms with E-state index < -0.39 is 36.5 Å². The normalized spacial score (nSPS) is 27.5. The Morgan fingerprint density at radius 1 is 1.07 bits per heavy atom. The molecule has 0 spiro atoms. The molecule has 1 N–H and O–H groups in total. The van der Waals surface area contributed by atoms with E-state index in [-0.39, 0.29) is 30.8 Å². The van der Waals surface area contributed by atoms with Gasteiger partial charge in [0.1, 0.15) is 18.0 Å². The molecule has 2 rings (SSSR count). The molecule has 0 bridgehead atoms. The molecule has 1 fully saturated rings. The molecule has 10 heteroatoms. The lowest BCUT2D eigenvalue weighted by Crippen LogP contribution is -2.39. The molecule has 6 unspecified atom stereocenters. The van der Waals surface area contributed by atoms with E-state index >= 15 is 0 Å². The molecule has 0 aliphatic carbocycles. The minimum Gasteiger partial charge on any atom is -0.497 e. The van der Waals surface area contributed by atoms with Gasteiger partial charge in [0.05, 0.1) is 25.7 Å². The predicted octanol–water partition coefficient (Wildman–Crippen LogP) is 3.96. The summed E-state index contributed by atoms with van der Waals surface area (Å²) in [6.45, 7) is 7.33. The second-order valence-electron chi connectivity index (χ2n) is 11.1. The van der Waals surface area contributed by atoms with Gasteiger partial charge in [-0.15, -0.1) is 0 Å². The summed E-state index contributed by atoms with van der Waals surface area (Å²) >= 11 is 0. The summed E-state index contributed by atoms with van der Waals surface area (Å²) in [7, 11) is 6.37. The monoisotopic (exact) mass is 581 g/mol. The first-order chi connectivity index (χ1) is 19.6. The van der Waals surface area contributed by atoms with E-state index in [1.54, 1.807) is 35.4 Å². The average Bonchev–Trinajstić information content (AvgIpc) is 2.96. The number of rotatable bonds is 10. The summed E-state index contributed by atoms with van der Waals surface area (Å²) in [5, 5.41) is 11.4. The van der Waals surface area contributed by atoms with Crippen LogP contribution >= 0.6 is 0 Å². The number of β-amino-alcohol motifs (C(OH)–C–C–N with tert-alkyl or cyclic N) is 1. The van der Waals surface area contributed by atoms with Crippen LogP contribution in [0.4, 0.5) is 0 Å². The Morgan fingerprint density at radius 2 is 1.76 bits per heavy atom. The number of aliphatic hydroxyl groups is 1. The SMILES string of the molecule is CCC(=O)OC1CC(=O)OC(C)CCN(Cc2ccc(OC)cc2)CC(O)C(C)CC(CC(OC)OC)CC1OC. The van der Waals surface area contributed by atoms with Crippen molar-refractivity contribution in [3.63, 3.8) is 0 Å². The summed E-state index contributed by atoms with van der Waals surface area (Å²) in [6.07, 6.45) is -0.387. The minimum atomic E-state index is -0.796. The van der Waals surface area contributed by atoms with E-state index in [4.69, 9.17) is 28.4 Å². The first-order valence-corrected chi connectivity index (χ1v) is 14.6. The zero-order chi connectivity index (χ0) is 30.4. The van der Waals surface area contributed by atoms with Gasteiger partial charge in [-0.25, -0.2) is 0 Å². The predicted molar refractivity (Wildman–Crippen MR) is 154 cm³/mol. The van der Waals surface area contributed by atoms with Gasteiger partial charge in [0.15, 0.2) is 6.29 Å². The van der Waals surface area contributed by atoms with Gasteiger partial charge in [-0.1, -0.05) is 26.0 Å². The van der Waals surface area contributed by atoms with E-state index in [9.17, 15) is 14.7 Å². The zero-order valence-electron chi connectivity index (χ0n) is 25.9. The van der Waals surface area contributed by atoms with E-state index in [0.29, 0.717) is 45.3 Å². The number of benzene rings is 1. The molecular weight excluding hydrogens is 530 g/mol. The maximum Gasteiger partial charge on any atom is 0.309 e. The number of ether oxygens (including phenoxy) is 6. The Labute approximate surface area is 245 Å². The number of cyclic esters (lactones) is 1. The Kier molecular flexibility index (Phi) is 15.6. The van der Waals surface area contributed by atoms with Crippen LogP contribution in [0.15, 0.2) is 24.3 Å². The largest absolute Gasteiger partial charge is 0.497 e. The molecule has 1 aromatic rings. The molecule has 1 aromatic carbocycles. The molecule has 1 heterocycles. The third-order valence-electron chi connectivity index (χ3n) is 7.83.